The standard InChI is InChI=1S/C19H36O2/c1-2-3-4-5-6-7-8-9-10-11-12-13-14-15-16-17-18-19(20)21/h17-18H,2-16H2,1H3,(H,20,21). The van der Waals surface area contributed by atoms with Crippen molar-refractivity contribution in [2.24, 2.45) is 0 Å². The molecule has 2 heteroatoms. The fourth-order valence-electron chi connectivity index (χ4n) is 2.64. The maximum Gasteiger partial charge on any atom is 0.327 e. The molecule has 0 amide bonds. The summed E-state index contributed by atoms with van der Waals surface area (Å²) in [6.45, 7) is 2.27. The molecule has 0 aromatic rings. The Balaban J connectivity index is 3.01. The maximum atomic E-state index is 10.3. The number of hydrogen-bond acceptors (Lipinski definition) is 1. The van der Waals surface area contributed by atoms with Gasteiger partial charge in [0.25, 0.3) is 0 Å². The predicted octanol–water partition coefficient (Wildman–Crippen LogP) is 6.50. The third-order valence-corrected chi connectivity index (χ3v) is 3.98. The number of carboxylic acid groups (broad SMARTS) is 1. The molecule has 0 spiro atoms. The molecule has 124 valence electrons. The van der Waals surface area contributed by atoms with Crippen LogP contribution in [0, 0.1) is 0 Å². The van der Waals surface area contributed by atoms with Crippen molar-refractivity contribution in [1.29, 1.82) is 0 Å². The monoisotopic (exact) mass is 296 g/mol. The highest BCUT2D eigenvalue weighted by Crippen LogP contribution is 2.13. The highest BCUT2D eigenvalue weighted by molar-refractivity contribution is 5.79. The number of unbranched alkanes of at least 4 members (excludes halogenated alkanes) is 14. The van der Waals surface area contributed by atoms with Crippen LogP contribution in [0.25, 0.3) is 0 Å². The minimum absolute atomic E-state index is 0.833. The molecule has 0 aromatic heterocycles. The van der Waals surface area contributed by atoms with Gasteiger partial charge in [0.15, 0.2) is 0 Å². The van der Waals surface area contributed by atoms with Crippen LogP contribution in [-0.4, -0.2) is 11.1 Å². The Morgan fingerprint density at radius 1 is 0.714 bits per heavy atom. The number of carbonyl (C=O) groups is 1. The topological polar surface area (TPSA) is 37.3 Å². The van der Waals surface area contributed by atoms with Crippen molar-refractivity contribution in [3.63, 3.8) is 0 Å². The van der Waals surface area contributed by atoms with Crippen LogP contribution >= 0.6 is 0 Å². The first kappa shape index (κ1) is 20.2. The lowest BCUT2D eigenvalue weighted by atomic mass is 10.0. The van der Waals surface area contributed by atoms with E-state index >= 15 is 0 Å². The van der Waals surface area contributed by atoms with E-state index in [1.165, 1.54) is 89.5 Å². The zero-order valence-corrected chi connectivity index (χ0v) is 14.1. The van der Waals surface area contributed by atoms with Crippen LogP contribution in [0.4, 0.5) is 0 Å². The van der Waals surface area contributed by atoms with Gasteiger partial charge in [0.1, 0.15) is 0 Å². The number of carboxylic acids is 1. The number of rotatable bonds is 16. The van der Waals surface area contributed by atoms with Crippen molar-refractivity contribution in [3.05, 3.63) is 12.2 Å². The van der Waals surface area contributed by atoms with E-state index in [0.29, 0.717) is 0 Å². The molecule has 0 saturated heterocycles. The zero-order valence-electron chi connectivity index (χ0n) is 14.1. The van der Waals surface area contributed by atoms with E-state index in [1.807, 2.05) is 0 Å². The molecule has 0 aliphatic rings. The van der Waals surface area contributed by atoms with E-state index in [0.717, 1.165) is 12.8 Å². The third-order valence-electron chi connectivity index (χ3n) is 3.98. The molecule has 1 N–H and O–H groups in total. The summed E-state index contributed by atoms with van der Waals surface area (Å²) in [5, 5.41) is 8.44. The molecule has 0 aliphatic carbocycles. The van der Waals surface area contributed by atoms with Crippen LogP contribution in [0.2, 0.25) is 0 Å². The quantitative estimate of drug-likeness (QED) is 0.261. The Labute approximate surface area is 132 Å². The molecule has 0 bridgehead atoms. The minimum atomic E-state index is -0.833. The van der Waals surface area contributed by atoms with Crippen LogP contribution < -0.4 is 0 Å². The second kappa shape index (κ2) is 17.3. The molecule has 0 fully saturated rings. The van der Waals surface area contributed by atoms with E-state index in [9.17, 15) is 4.79 Å². The molecule has 0 saturated carbocycles. The first-order valence-electron chi connectivity index (χ1n) is 9.17. The molecule has 0 rings (SSSR count). The molecular weight excluding hydrogens is 260 g/mol. The Morgan fingerprint density at radius 3 is 1.48 bits per heavy atom. The normalized spacial score (nSPS) is 11.3. The van der Waals surface area contributed by atoms with Gasteiger partial charge < -0.3 is 5.11 Å². The van der Waals surface area contributed by atoms with Crippen molar-refractivity contribution in [2.45, 2.75) is 103 Å². The van der Waals surface area contributed by atoms with E-state index < -0.39 is 5.97 Å². The van der Waals surface area contributed by atoms with Crippen LogP contribution in [0.3, 0.4) is 0 Å². The summed E-state index contributed by atoms with van der Waals surface area (Å²) < 4.78 is 0. The summed E-state index contributed by atoms with van der Waals surface area (Å²) in [5.41, 5.74) is 0. The van der Waals surface area contributed by atoms with E-state index in [1.54, 1.807) is 6.08 Å². The molecule has 0 aliphatic heterocycles. The first-order valence-corrected chi connectivity index (χ1v) is 9.17. The van der Waals surface area contributed by atoms with Gasteiger partial charge in [0.05, 0.1) is 0 Å². The Kier molecular flexibility index (Phi) is 16.6. The molecule has 0 unspecified atom stereocenters. The summed E-state index contributed by atoms with van der Waals surface area (Å²) in [7, 11) is 0. The summed E-state index contributed by atoms with van der Waals surface area (Å²) in [5.74, 6) is -0.833. The Bertz CT molecular complexity index is 246. The first-order chi connectivity index (χ1) is 10.3. The van der Waals surface area contributed by atoms with Gasteiger partial charge in [0.2, 0.25) is 0 Å². The lowest BCUT2D eigenvalue weighted by molar-refractivity contribution is -0.131. The second-order valence-electron chi connectivity index (χ2n) is 6.13. The average molecular weight is 296 g/mol. The van der Waals surface area contributed by atoms with Gasteiger partial charge in [-0.1, -0.05) is 96.5 Å². The highest BCUT2D eigenvalue weighted by atomic mass is 16.4. The van der Waals surface area contributed by atoms with Crippen LogP contribution in [-0.2, 0) is 4.79 Å². The average Bonchev–Trinajstić information content (AvgIpc) is 2.46. The third kappa shape index (κ3) is 19.2. The van der Waals surface area contributed by atoms with Gasteiger partial charge in [-0.05, 0) is 12.8 Å². The number of hydrogen-bond donors (Lipinski definition) is 1. The van der Waals surface area contributed by atoms with Crippen molar-refractivity contribution in [3.8, 4) is 0 Å². The molecule has 0 radical (unpaired) electrons. The van der Waals surface area contributed by atoms with Gasteiger partial charge in [-0.25, -0.2) is 4.79 Å². The van der Waals surface area contributed by atoms with Crippen LogP contribution in [0.15, 0.2) is 12.2 Å². The largest absolute Gasteiger partial charge is 0.478 e. The minimum Gasteiger partial charge on any atom is -0.478 e. The van der Waals surface area contributed by atoms with Crippen molar-refractivity contribution >= 4 is 5.97 Å². The maximum absolute atomic E-state index is 10.3. The van der Waals surface area contributed by atoms with Gasteiger partial charge in [-0.15, -0.1) is 0 Å². The summed E-state index contributed by atoms with van der Waals surface area (Å²) in [6.07, 6.45) is 23.0. The van der Waals surface area contributed by atoms with E-state index in [-0.39, 0.29) is 0 Å². The van der Waals surface area contributed by atoms with Crippen molar-refractivity contribution in [2.75, 3.05) is 0 Å². The van der Waals surface area contributed by atoms with Gasteiger partial charge in [0, 0.05) is 6.08 Å². The fourth-order valence-corrected chi connectivity index (χ4v) is 2.64. The van der Waals surface area contributed by atoms with Crippen LogP contribution in [0.5, 0.6) is 0 Å². The summed E-state index contributed by atoms with van der Waals surface area (Å²) in [4.78, 5) is 10.3. The molecule has 0 heterocycles. The smallest absolute Gasteiger partial charge is 0.327 e. The number of allylic oxidation sites excluding steroid dienone is 1. The zero-order chi connectivity index (χ0) is 15.6. The fraction of sp³-hybridized carbons (Fsp3) is 0.842. The second-order valence-corrected chi connectivity index (χ2v) is 6.13. The summed E-state index contributed by atoms with van der Waals surface area (Å²) >= 11 is 0. The van der Waals surface area contributed by atoms with E-state index in [4.69, 9.17) is 5.11 Å². The lowest BCUT2D eigenvalue weighted by Gasteiger charge is -2.02. The molecule has 2 nitrogen and oxygen atoms in total. The van der Waals surface area contributed by atoms with E-state index in [2.05, 4.69) is 6.92 Å². The Morgan fingerprint density at radius 2 is 1.10 bits per heavy atom. The predicted molar refractivity (Wildman–Crippen MR) is 91.7 cm³/mol. The van der Waals surface area contributed by atoms with Crippen molar-refractivity contribution in [1.82, 2.24) is 0 Å². The Hall–Kier alpha value is -0.790. The highest BCUT2D eigenvalue weighted by Gasteiger charge is 1.94. The van der Waals surface area contributed by atoms with Crippen LogP contribution in [0.1, 0.15) is 103 Å². The lowest BCUT2D eigenvalue weighted by Crippen LogP contribution is -1.86. The summed E-state index contributed by atoms with van der Waals surface area (Å²) in [6, 6.07) is 0. The van der Waals surface area contributed by atoms with Gasteiger partial charge in [-0.2, -0.15) is 0 Å². The van der Waals surface area contributed by atoms with Gasteiger partial charge >= 0.3 is 5.97 Å². The van der Waals surface area contributed by atoms with Gasteiger partial charge in [-0.3, -0.25) is 0 Å². The van der Waals surface area contributed by atoms with Crippen molar-refractivity contribution < 1.29 is 9.90 Å². The molecule has 0 aromatic carbocycles. The molecule has 0 atom stereocenters. The molecule has 21 heavy (non-hydrogen) atoms. The number of aliphatic carboxylic acids is 1. The molecular formula is C19H36O2. The SMILES string of the molecule is CCCCCCCCCCCCCCCCC=CC(=O)O.